The van der Waals surface area contributed by atoms with E-state index in [1.54, 1.807) is 0 Å². The number of nitrogens with one attached hydrogen (secondary N) is 1. The molecule has 0 aliphatic carbocycles. The van der Waals surface area contributed by atoms with Crippen LogP contribution in [0.15, 0.2) is 84.9 Å². The van der Waals surface area contributed by atoms with Crippen LogP contribution >= 0.6 is 0 Å². The maximum atomic E-state index is 13.7. The molecule has 3 heteroatoms. The zero-order chi connectivity index (χ0) is 20.1. The van der Waals surface area contributed by atoms with E-state index in [-0.39, 0.29) is 17.9 Å². The number of hydrogen-bond acceptors (Lipinski definition) is 2. The van der Waals surface area contributed by atoms with Crippen molar-refractivity contribution in [1.29, 1.82) is 0 Å². The topological polar surface area (TPSA) is 32.3 Å². The highest BCUT2D eigenvalue weighted by molar-refractivity contribution is 5.85. The Morgan fingerprint density at radius 3 is 2.31 bits per heavy atom. The van der Waals surface area contributed by atoms with Gasteiger partial charge in [-0.15, -0.1) is 0 Å². The Hall–Kier alpha value is -3.07. The van der Waals surface area contributed by atoms with Crippen LogP contribution in [0.5, 0.6) is 0 Å². The van der Waals surface area contributed by atoms with E-state index in [0.717, 1.165) is 30.6 Å². The van der Waals surface area contributed by atoms with Crippen molar-refractivity contribution >= 4 is 11.6 Å². The summed E-state index contributed by atoms with van der Waals surface area (Å²) in [5.41, 5.74) is 4.55. The fourth-order valence-electron chi connectivity index (χ4n) is 4.17. The summed E-state index contributed by atoms with van der Waals surface area (Å²) in [5, 5.41) is 3.47. The van der Waals surface area contributed by atoms with Gasteiger partial charge in [-0.2, -0.15) is 0 Å². The minimum Gasteiger partial charge on any atom is -0.384 e. The molecule has 1 aliphatic heterocycles. The monoisotopic (exact) mass is 384 g/mol. The number of para-hydroxylation sites is 1. The molecule has 2 atom stereocenters. The van der Waals surface area contributed by atoms with Crippen LogP contribution < -0.4 is 5.32 Å². The molecule has 3 aromatic rings. The molecule has 1 N–H and O–H groups in total. The average molecular weight is 385 g/mol. The number of likely N-dealkylation sites (tertiary alicyclic amines) is 1. The fraction of sp³-hybridized carbons (Fsp3) is 0.269. The molecule has 1 heterocycles. The van der Waals surface area contributed by atoms with Crippen LogP contribution in [0.1, 0.15) is 41.5 Å². The second-order valence-corrected chi connectivity index (χ2v) is 7.81. The molecule has 148 valence electrons. The molecule has 0 bridgehead atoms. The Morgan fingerprint density at radius 1 is 0.966 bits per heavy atom. The number of carbonyl (C=O) groups excluding carboxylic acids is 1. The number of anilines is 1. The van der Waals surface area contributed by atoms with Gasteiger partial charge in [-0.3, -0.25) is 4.79 Å². The van der Waals surface area contributed by atoms with Crippen LogP contribution in [0.3, 0.4) is 0 Å². The first kappa shape index (κ1) is 19.3. The zero-order valence-electron chi connectivity index (χ0n) is 16.9. The van der Waals surface area contributed by atoms with Crippen molar-refractivity contribution in [2.45, 2.75) is 31.7 Å². The van der Waals surface area contributed by atoms with Gasteiger partial charge in [-0.05, 0) is 43.0 Å². The van der Waals surface area contributed by atoms with E-state index in [4.69, 9.17) is 0 Å². The Balaban J connectivity index is 1.59. The smallest absolute Gasteiger partial charge is 0.232 e. The highest BCUT2D eigenvalue weighted by atomic mass is 16.2. The molecule has 29 heavy (non-hydrogen) atoms. The molecule has 0 aromatic heterocycles. The molecule has 1 aliphatic rings. The summed E-state index contributed by atoms with van der Waals surface area (Å²) < 4.78 is 0. The molecule has 4 rings (SSSR count). The van der Waals surface area contributed by atoms with Crippen molar-refractivity contribution in [3.8, 4) is 0 Å². The molecule has 0 spiro atoms. The van der Waals surface area contributed by atoms with Gasteiger partial charge in [0.25, 0.3) is 0 Å². The highest BCUT2D eigenvalue weighted by Crippen LogP contribution is 2.34. The first-order valence-electron chi connectivity index (χ1n) is 10.4. The van der Waals surface area contributed by atoms with Crippen molar-refractivity contribution in [1.82, 2.24) is 4.90 Å². The second kappa shape index (κ2) is 8.95. The zero-order valence-corrected chi connectivity index (χ0v) is 16.9. The standard InChI is InChI=1S/C26H28N2O/c1-20-14-16-21(17-15-20)24(19-27-23-11-6-3-7-12-23)26(29)28-18-8-13-25(28)22-9-4-2-5-10-22/h2-7,9-12,14-17,24-25,27H,8,13,18-19H2,1H3. The molecule has 0 saturated carbocycles. The highest BCUT2D eigenvalue weighted by Gasteiger charge is 2.34. The lowest BCUT2D eigenvalue weighted by molar-refractivity contribution is -0.133. The number of hydrogen-bond donors (Lipinski definition) is 1. The van der Waals surface area contributed by atoms with E-state index in [0.29, 0.717) is 6.54 Å². The van der Waals surface area contributed by atoms with Gasteiger partial charge in [0.1, 0.15) is 0 Å². The van der Waals surface area contributed by atoms with Gasteiger partial charge < -0.3 is 10.2 Å². The molecule has 2 unspecified atom stereocenters. The number of amides is 1. The summed E-state index contributed by atoms with van der Waals surface area (Å²) in [4.78, 5) is 15.8. The average Bonchev–Trinajstić information content (AvgIpc) is 3.26. The minimum absolute atomic E-state index is 0.174. The summed E-state index contributed by atoms with van der Waals surface area (Å²) in [5.74, 6) is 0.00348. The third kappa shape index (κ3) is 4.51. The van der Waals surface area contributed by atoms with Crippen LogP contribution in [0, 0.1) is 6.92 Å². The van der Waals surface area contributed by atoms with Crippen molar-refractivity contribution < 1.29 is 4.79 Å². The lowest BCUT2D eigenvalue weighted by Crippen LogP contribution is -2.37. The number of aryl methyl sites for hydroxylation is 1. The second-order valence-electron chi connectivity index (χ2n) is 7.81. The molecule has 1 amide bonds. The Labute approximate surface area is 173 Å². The Morgan fingerprint density at radius 2 is 1.62 bits per heavy atom. The Kier molecular flexibility index (Phi) is 5.95. The van der Waals surface area contributed by atoms with Crippen LogP contribution in [-0.2, 0) is 4.79 Å². The van der Waals surface area contributed by atoms with E-state index in [1.807, 2.05) is 36.4 Å². The van der Waals surface area contributed by atoms with E-state index in [2.05, 4.69) is 65.7 Å². The van der Waals surface area contributed by atoms with E-state index >= 15 is 0 Å². The Bertz CT molecular complexity index is 922. The van der Waals surface area contributed by atoms with Crippen LogP contribution in [0.25, 0.3) is 0 Å². The number of carbonyl (C=O) groups is 1. The lowest BCUT2D eigenvalue weighted by atomic mass is 9.95. The van der Waals surface area contributed by atoms with Gasteiger partial charge in [0.05, 0.1) is 12.0 Å². The third-order valence-corrected chi connectivity index (χ3v) is 5.78. The van der Waals surface area contributed by atoms with Crippen LogP contribution in [0.4, 0.5) is 5.69 Å². The van der Waals surface area contributed by atoms with Crippen molar-refractivity contribution in [3.05, 3.63) is 102 Å². The van der Waals surface area contributed by atoms with E-state index in [1.165, 1.54) is 11.1 Å². The number of nitrogens with zero attached hydrogens (tertiary/aromatic N) is 1. The molecule has 0 radical (unpaired) electrons. The summed E-state index contributed by atoms with van der Waals surface area (Å²) in [6.45, 7) is 3.49. The first-order valence-corrected chi connectivity index (χ1v) is 10.4. The maximum Gasteiger partial charge on any atom is 0.232 e. The van der Waals surface area contributed by atoms with Crippen molar-refractivity contribution in [2.24, 2.45) is 0 Å². The molecular weight excluding hydrogens is 356 g/mol. The van der Waals surface area contributed by atoms with E-state index in [9.17, 15) is 4.79 Å². The van der Waals surface area contributed by atoms with Gasteiger partial charge in [-0.25, -0.2) is 0 Å². The fourth-order valence-corrected chi connectivity index (χ4v) is 4.17. The first-order chi connectivity index (χ1) is 14.2. The van der Waals surface area contributed by atoms with Crippen molar-refractivity contribution in [3.63, 3.8) is 0 Å². The summed E-state index contributed by atoms with van der Waals surface area (Å²) in [6, 6.07) is 29.1. The van der Waals surface area contributed by atoms with Crippen LogP contribution in [0.2, 0.25) is 0 Å². The molecule has 1 fully saturated rings. The SMILES string of the molecule is Cc1ccc(C(CNc2ccccc2)C(=O)N2CCCC2c2ccccc2)cc1. The van der Waals surface area contributed by atoms with E-state index < -0.39 is 0 Å². The molecule has 3 nitrogen and oxygen atoms in total. The summed E-state index contributed by atoms with van der Waals surface area (Å²) >= 11 is 0. The van der Waals surface area contributed by atoms with Crippen LogP contribution in [-0.4, -0.2) is 23.9 Å². The van der Waals surface area contributed by atoms with Gasteiger partial charge in [0.2, 0.25) is 5.91 Å². The molecular formula is C26H28N2O. The minimum atomic E-state index is -0.208. The molecule has 3 aromatic carbocycles. The van der Waals surface area contributed by atoms with Gasteiger partial charge in [0, 0.05) is 18.8 Å². The predicted octanol–water partition coefficient (Wildman–Crippen LogP) is 5.55. The van der Waals surface area contributed by atoms with Crippen molar-refractivity contribution in [2.75, 3.05) is 18.4 Å². The van der Waals surface area contributed by atoms with Gasteiger partial charge in [-0.1, -0.05) is 78.4 Å². The maximum absolute atomic E-state index is 13.7. The molecule has 1 saturated heterocycles. The van der Waals surface area contributed by atoms with Gasteiger partial charge >= 0.3 is 0 Å². The van der Waals surface area contributed by atoms with Gasteiger partial charge in [0.15, 0.2) is 0 Å². The number of benzene rings is 3. The third-order valence-electron chi connectivity index (χ3n) is 5.78. The predicted molar refractivity (Wildman–Crippen MR) is 119 cm³/mol. The normalized spacial score (nSPS) is 17.1. The number of rotatable bonds is 6. The largest absolute Gasteiger partial charge is 0.384 e. The summed E-state index contributed by atoms with van der Waals surface area (Å²) in [7, 11) is 0. The lowest BCUT2D eigenvalue weighted by Gasteiger charge is -2.30. The quantitative estimate of drug-likeness (QED) is 0.604. The summed E-state index contributed by atoms with van der Waals surface area (Å²) in [6.07, 6.45) is 2.08.